The van der Waals surface area contributed by atoms with E-state index >= 15 is 0 Å². The maximum atomic E-state index is 13.7. The van der Waals surface area contributed by atoms with Crippen LogP contribution in [0.25, 0.3) is 5.57 Å². The molecule has 1 N–H and O–H groups in total. The number of aryl methyl sites for hydroxylation is 3. The summed E-state index contributed by atoms with van der Waals surface area (Å²) in [6.07, 6.45) is 0. The number of hydrogen-bond donors (Lipinski definition) is 1. The van der Waals surface area contributed by atoms with Crippen molar-refractivity contribution in [2.24, 2.45) is 0 Å². The summed E-state index contributed by atoms with van der Waals surface area (Å²) in [5, 5.41) is 4.33. The van der Waals surface area contributed by atoms with E-state index in [9.17, 15) is 9.59 Å². The molecule has 4 nitrogen and oxygen atoms in total. The lowest BCUT2D eigenvalue weighted by Crippen LogP contribution is -2.33. The van der Waals surface area contributed by atoms with Gasteiger partial charge in [0.15, 0.2) is 0 Å². The van der Waals surface area contributed by atoms with E-state index < -0.39 is 5.91 Å². The molecule has 6 heteroatoms. The third-order valence-electron chi connectivity index (χ3n) is 5.66. The molecule has 0 spiro atoms. The number of benzene rings is 3. The van der Waals surface area contributed by atoms with E-state index in [1.54, 1.807) is 30.3 Å². The van der Waals surface area contributed by atoms with Gasteiger partial charge in [0.25, 0.3) is 11.8 Å². The van der Waals surface area contributed by atoms with E-state index in [1.165, 1.54) is 4.90 Å². The van der Waals surface area contributed by atoms with Crippen molar-refractivity contribution >= 4 is 52.0 Å². The molecule has 0 unspecified atom stereocenters. The Hall–Kier alpha value is -3.08. The van der Waals surface area contributed by atoms with E-state index in [4.69, 9.17) is 23.2 Å². The lowest BCUT2D eigenvalue weighted by molar-refractivity contribution is -0.120. The molecule has 2 amide bonds. The van der Waals surface area contributed by atoms with Crippen LogP contribution >= 0.6 is 23.2 Å². The number of halogens is 2. The Kier molecular flexibility index (Phi) is 5.85. The first-order chi connectivity index (χ1) is 15.2. The van der Waals surface area contributed by atoms with Crippen LogP contribution in [0.4, 0.5) is 11.4 Å². The first-order valence-corrected chi connectivity index (χ1v) is 10.9. The molecule has 3 aromatic rings. The SMILES string of the molecule is Cc1ccc(C2=C(Nc3cccc(Cl)c3C)C(=O)N(c3ccc(Cl)cc3C)C2=O)c(C)c1. The molecule has 3 aromatic carbocycles. The molecular weight excluding hydrogens is 443 g/mol. The maximum absolute atomic E-state index is 13.7. The number of rotatable bonds is 4. The van der Waals surface area contributed by atoms with Gasteiger partial charge in [0.05, 0.1) is 11.3 Å². The lowest BCUT2D eigenvalue weighted by Gasteiger charge is -2.18. The highest BCUT2D eigenvalue weighted by molar-refractivity contribution is 6.46. The summed E-state index contributed by atoms with van der Waals surface area (Å²) in [5.74, 6) is -0.802. The average molecular weight is 465 g/mol. The number of hydrogen-bond acceptors (Lipinski definition) is 3. The van der Waals surface area contributed by atoms with Crippen LogP contribution in [0, 0.1) is 27.7 Å². The minimum atomic E-state index is -0.422. The molecule has 1 aliphatic heterocycles. The number of amides is 2. The van der Waals surface area contributed by atoms with Gasteiger partial charge in [0.1, 0.15) is 5.70 Å². The van der Waals surface area contributed by atoms with E-state index in [1.807, 2.05) is 52.0 Å². The summed E-state index contributed by atoms with van der Waals surface area (Å²) in [6, 6.07) is 16.3. The molecule has 0 fully saturated rings. The summed E-state index contributed by atoms with van der Waals surface area (Å²) in [5.41, 5.74) is 5.97. The van der Waals surface area contributed by atoms with Gasteiger partial charge in [-0.25, -0.2) is 4.90 Å². The van der Waals surface area contributed by atoms with Crippen molar-refractivity contribution in [1.82, 2.24) is 0 Å². The first-order valence-electron chi connectivity index (χ1n) is 10.2. The summed E-state index contributed by atoms with van der Waals surface area (Å²) in [4.78, 5) is 28.5. The van der Waals surface area contributed by atoms with Gasteiger partial charge >= 0.3 is 0 Å². The summed E-state index contributed by atoms with van der Waals surface area (Å²) < 4.78 is 0. The number of carbonyl (C=O) groups is 2. The van der Waals surface area contributed by atoms with Gasteiger partial charge < -0.3 is 5.32 Å². The third kappa shape index (κ3) is 3.81. The van der Waals surface area contributed by atoms with Crippen LogP contribution < -0.4 is 10.2 Å². The van der Waals surface area contributed by atoms with Gasteiger partial charge in [0, 0.05) is 15.7 Å². The van der Waals surface area contributed by atoms with Crippen molar-refractivity contribution in [3.8, 4) is 0 Å². The highest BCUT2D eigenvalue weighted by Crippen LogP contribution is 2.37. The van der Waals surface area contributed by atoms with Crippen LogP contribution in [-0.4, -0.2) is 11.8 Å². The zero-order valence-corrected chi connectivity index (χ0v) is 19.7. The zero-order chi connectivity index (χ0) is 23.2. The Morgan fingerprint density at radius 3 is 2.25 bits per heavy atom. The molecule has 0 bridgehead atoms. The molecule has 1 aliphatic rings. The summed E-state index contributed by atoms with van der Waals surface area (Å²) in [6.45, 7) is 7.62. The second-order valence-electron chi connectivity index (χ2n) is 7.98. The number of carbonyl (C=O) groups excluding carboxylic acids is 2. The van der Waals surface area contributed by atoms with Crippen LogP contribution in [0.5, 0.6) is 0 Å². The lowest BCUT2D eigenvalue weighted by atomic mass is 9.97. The smallest absolute Gasteiger partial charge is 0.282 e. The van der Waals surface area contributed by atoms with Crippen molar-refractivity contribution in [1.29, 1.82) is 0 Å². The second kappa shape index (κ2) is 8.45. The fraction of sp³-hybridized carbons (Fsp3) is 0.154. The van der Waals surface area contributed by atoms with Crippen LogP contribution in [0.3, 0.4) is 0 Å². The predicted molar refractivity (Wildman–Crippen MR) is 131 cm³/mol. The molecule has 32 heavy (non-hydrogen) atoms. The van der Waals surface area contributed by atoms with Gasteiger partial charge in [-0.05, 0) is 80.3 Å². The average Bonchev–Trinajstić information content (AvgIpc) is 2.96. The molecule has 0 radical (unpaired) electrons. The van der Waals surface area contributed by atoms with Crippen molar-refractivity contribution in [3.05, 3.63) is 98.2 Å². The molecule has 0 atom stereocenters. The van der Waals surface area contributed by atoms with Gasteiger partial charge in [-0.2, -0.15) is 0 Å². The van der Waals surface area contributed by atoms with Crippen molar-refractivity contribution in [3.63, 3.8) is 0 Å². The molecule has 1 heterocycles. The van der Waals surface area contributed by atoms with Crippen molar-refractivity contribution in [2.45, 2.75) is 27.7 Å². The molecular formula is C26H22Cl2N2O2. The topological polar surface area (TPSA) is 49.4 Å². The Morgan fingerprint density at radius 1 is 0.812 bits per heavy atom. The van der Waals surface area contributed by atoms with Crippen LogP contribution in [-0.2, 0) is 9.59 Å². The predicted octanol–water partition coefficient (Wildman–Crippen LogP) is 6.62. The fourth-order valence-electron chi connectivity index (χ4n) is 3.96. The molecule has 0 saturated heterocycles. The standard InChI is InChI=1S/C26H22Cl2N2O2/c1-14-8-10-19(15(2)12-14)23-24(29-21-7-5-6-20(28)17(21)4)26(32)30(25(23)31)22-11-9-18(27)13-16(22)3/h5-13,29H,1-4H3. The normalized spacial score (nSPS) is 13.9. The summed E-state index contributed by atoms with van der Waals surface area (Å²) in [7, 11) is 0. The molecule has 0 saturated carbocycles. The summed E-state index contributed by atoms with van der Waals surface area (Å²) >= 11 is 12.4. The van der Waals surface area contributed by atoms with Crippen LogP contribution in [0.15, 0.2) is 60.3 Å². The Bertz CT molecular complexity index is 1310. The van der Waals surface area contributed by atoms with E-state index in [2.05, 4.69) is 5.32 Å². The number of nitrogens with zero attached hydrogens (tertiary/aromatic N) is 1. The molecule has 0 aromatic heterocycles. The molecule has 0 aliphatic carbocycles. The van der Waals surface area contributed by atoms with Crippen LogP contribution in [0.2, 0.25) is 10.0 Å². The van der Waals surface area contributed by atoms with Crippen molar-refractivity contribution < 1.29 is 9.59 Å². The van der Waals surface area contributed by atoms with Gasteiger partial charge in [-0.15, -0.1) is 0 Å². The quantitative estimate of drug-likeness (QED) is 0.441. The minimum absolute atomic E-state index is 0.224. The minimum Gasteiger partial charge on any atom is -0.350 e. The first kappa shape index (κ1) is 22.1. The van der Waals surface area contributed by atoms with E-state index in [-0.39, 0.29) is 11.6 Å². The number of imide groups is 1. The van der Waals surface area contributed by atoms with Crippen molar-refractivity contribution in [2.75, 3.05) is 10.2 Å². The highest BCUT2D eigenvalue weighted by atomic mass is 35.5. The van der Waals surface area contributed by atoms with Gasteiger partial charge in [-0.3, -0.25) is 9.59 Å². The Labute approximate surface area is 197 Å². The van der Waals surface area contributed by atoms with Gasteiger partial charge in [0.2, 0.25) is 0 Å². The highest BCUT2D eigenvalue weighted by Gasteiger charge is 2.41. The monoisotopic (exact) mass is 464 g/mol. The molecule has 4 rings (SSSR count). The third-order valence-corrected chi connectivity index (χ3v) is 6.31. The maximum Gasteiger partial charge on any atom is 0.282 e. The Morgan fingerprint density at radius 2 is 1.56 bits per heavy atom. The Balaban J connectivity index is 1.90. The largest absolute Gasteiger partial charge is 0.350 e. The van der Waals surface area contributed by atoms with Crippen LogP contribution in [0.1, 0.15) is 27.8 Å². The van der Waals surface area contributed by atoms with E-state index in [0.29, 0.717) is 32.6 Å². The van der Waals surface area contributed by atoms with E-state index in [0.717, 1.165) is 22.3 Å². The number of anilines is 2. The van der Waals surface area contributed by atoms with Gasteiger partial charge in [-0.1, -0.05) is 53.0 Å². The zero-order valence-electron chi connectivity index (χ0n) is 18.2. The second-order valence-corrected chi connectivity index (χ2v) is 8.83. The fourth-order valence-corrected chi connectivity index (χ4v) is 4.36. The molecule has 162 valence electrons. The number of nitrogens with one attached hydrogen (secondary N) is 1.